The van der Waals surface area contributed by atoms with Gasteiger partial charge in [-0.15, -0.1) is 0 Å². The molecule has 1 N–H and O–H groups in total. The van der Waals surface area contributed by atoms with Crippen LogP contribution in [0.25, 0.3) is 0 Å². The highest BCUT2D eigenvalue weighted by Gasteiger charge is 2.21. The molecule has 6 heteroatoms. The molecule has 1 atom stereocenters. The molecular weight excluding hydrogens is 270 g/mol. The second kappa shape index (κ2) is 5.89. The van der Waals surface area contributed by atoms with Crippen LogP contribution in [0.15, 0.2) is 6.20 Å². The van der Waals surface area contributed by atoms with Crippen molar-refractivity contribution in [3.05, 3.63) is 22.7 Å². The Labute approximate surface area is 116 Å². The third-order valence-electron chi connectivity index (χ3n) is 2.76. The van der Waals surface area contributed by atoms with Crippen molar-refractivity contribution in [3.63, 3.8) is 0 Å². The lowest BCUT2D eigenvalue weighted by molar-refractivity contribution is 0.0935. The smallest absolute Gasteiger partial charge is 0.271 e. The van der Waals surface area contributed by atoms with E-state index >= 15 is 0 Å². The first kappa shape index (κ1) is 13.6. The van der Waals surface area contributed by atoms with Gasteiger partial charge in [-0.1, -0.05) is 25.4 Å². The van der Waals surface area contributed by atoms with E-state index in [4.69, 9.17) is 11.6 Å². The maximum Gasteiger partial charge on any atom is 0.271 e. The predicted octanol–water partition coefficient (Wildman–Crippen LogP) is 2.49. The van der Waals surface area contributed by atoms with E-state index in [-0.39, 0.29) is 23.6 Å². The molecule has 2 rings (SSSR count). The molecule has 0 spiro atoms. The summed E-state index contributed by atoms with van der Waals surface area (Å²) in [6, 6.07) is 0.232. The van der Waals surface area contributed by atoms with Crippen LogP contribution in [0, 0.1) is 0 Å². The van der Waals surface area contributed by atoms with E-state index in [1.165, 1.54) is 6.20 Å². The summed E-state index contributed by atoms with van der Waals surface area (Å²) in [6.45, 7) is 3.97. The van der Waals surface area contributed by atoms with E-state index in [0.717, 1.165) is 17.9 Å². The molecule has 1 amide bonds. The SMILES string of the molecule is CC(C)c1ncc(Cl)c(C(=O)NC2CCSC2)n1. The van der Waals surface area contributed by atoms with Gasteiger partial charge in [0.1, 0.15) is 11.5 Å². The van der Waals surface area contributed by atoms with Crippen LogP contribution < -0.4 is 5.32 Å². The highest BCUT2D eigenvalue weighted by atomic mass is 35.5. The van der Waals surface area contributed by atoms with Crippen molar-refractivity contribution in [2.75, 3.05) is 11.5 Å². The molecule has 2 heterocycles. The van der Waals surface area contributed by atoms with Crippen molar-refractivity contribution in [2.24, 2.45) is 0 Å². The van der Waals surface area contributed by atoms with E-state index in [2.05, 4.69) is 15.3 Å². The molecule has 1 aromatic rings. The third kappa shape index (κ3) is 3.14. The van der Waals surface area contributed by atoms with Crippen LogP contribution in [0.5, 0.6) is 0 Å². The number of nitrogens with one attached hydrogen (secondary N) is 1. The highest BCUT2D eigenvalue weighted by molar-refractivity contribution is 7.99. The quantitative estimate of drug-likeness (QED) is 0.927. The third-order valence-corrected chi connectivity index (χ3v) is 4.20. The summed E-state index contributed by atoms with van der Waals surface area (Å²) >= 11 is 7.84. The Morgan fingerprint density at radius 3 is 3.00 bits per heavy atom. The van der Waals surface area contributed by atoms with Gasteiger partial charge in [-0.3, -0.25) is 4.79 Å². The van der Waals surface area contributed by atoms with Crippen LogP contribution in [0.1, 0.15) is 42.5 Å². The Kier molecular flexibility index (Phi) is 4.45. The summed E-state index contributed by atoms with van der Waals surface area (Å²) < 4.78 is 0. The number of aromatic nitrogens is 2. The predicted molar refractivity (Wildman–Crippen MR) is 74.3 cm³/mol. The van der Waals surface area contributed by atoms with Crippen molar-refractivity contribution in [1.29, 1.82) is 0 Å². The summed E-state index contributed by atoms with van der Waals surface area (Å²) in [7, 11) is 0. The van der Waals surface area contributed by atoms with Gasteiger partial charge in [-0.2, -0.15) is 11.8 Å². The number of nitrogens with zero attached hydrogens (tertiary/aromatic N) is 2. The minimum atomic E-state index is -0.197. The highest BCUT2D eigenvalue weighted by Crippen LogP contribution is 2.19. The largest absolute Gasteiger partial charge is 0.347 e. The zero-order valence-corrected chi connectivity index (χ0v) is 12.0. The molecule has 1 aliphatic rings. The van der Waals surface area contributed by atoms with Crippen LogP contribution in [0.3, 0.4) is 0 Å². The molecule has 1 saturated heterocycles. The van der Waals surface area contributed by atoms with Gasteiger partial charge in [-0.25, -0.2) is 9.97 Å². The van der Waals surface area contributed by atoms with Crippen molar-refractivity contribution >= 4 is 29.3 Å². The maximum absolute atomic E-state index is 12.1. The zero-order valence-electron chi connectivity index (χ0n) is 10.4. The molecular formula is C12H16ClN3OS. The van der Waals surface area contributed by atoms with Gasteiger partial charge in [-0.05, 0) is 12.2 Å². The second-order valence-electron chi connectivity index (χ2n) is 4.61. The zero-order chi connectivity index (χ0) is 13.1. The number of halogens is 1. The van der Waals surface area contributed by atoms with Gasteiger partial charge >= 0.3 is 0 Å². The van der Waals surface area contributed by atoms with Crippen LogP contribution >= 0.6 is 23.4 Å². The molecule has 4 nitrogen and oxygen atoms in total. The number of thioether (sulfide) groups is 1. The Morgan fingerprint density at radius 1 is 1.61 bits per heavy atom. The number of hydrogen-bond donors (Lipinski definition) is 1. The first-order valence-corrected chi connectivity index (χ1v) is 7.52. The topological polar surface area (TPSA) is 54.9 Å². The molecule has 1 unspecified atom stereocenters. The fourth-order valence-corrected chi connectivity index (χ4v) is 3.05. The van der Waals surface area contributed by atoms with Crippen molar-refractivity contribution in [1.82, 2.24) is 15.3 Å². The molecule has 0 bridgehead atoms. The van der Waals surface area contributed by atoms with E-state index in [1.807, 2.05) is 25.6 Å². The normalized spacial score (nSPS) is 19.2. The number of amides is 1. The number of hydrogen-bond acceptors (Lipinski definition) is 4. The van der Waals surface area contributed by atoms with Crippen molar-refractivity contribution < 1.29 is 4.79 Å². The minimum Gasteiger partial charge on any atom is -0.347 e. The summed E-state index contributed by atoms with van der Waals surface area (Å²) in [5, 5.41) is 3.28. The summed E-state index contributed by atoms with van der Waals surface area (Å²) in [5.74, 6) is 2.68. The Balaban J connectivity index is 2.15. The lowest BCUT2D eigenvalue weighted by Crippen LogP contribution is -2.35. The monoisotopic (exact) mass is 285 g/mol. The Hall–Kier alpha value is -0.810. The number of rotatable bonds is 3. The molecule has 0 aliphatic carbocycles. The average Bonchev–Trinajstić information content (AvgIpc) is 2.81. The van der Waals surface area contributed by atoms with Crippen LogP contribution in [0.2, 0.25) is 5.02 Å². The molecule has 1 aliphatic heterocycles. The van der Waals surface area contributed by atoms with Gasteiger partial charge in [0, 0.05) is 17.7 Å². The molecule has 18 heavy (non-hydrogen) atoms. The fraction of sp³-hybridized carbons (Fsp3) is 0.583. The second-order valence-corrected chi connectivity index (χ2v) is 6.17. The van der Waals surface area contributed by atoms with Crippen molar-refractivity contribution in [3.8, 4) is 0 Å². The Morgan fingerprint density at radius 2 is 2.39 bits per heavy atom. The molecule has 0 aromatic carbocycles. The summed E-state index contributed by atoms with van der Waals surface area (Å²) in [6.07, 6.45) is 2.51. The van der Waals surface area contributed by atoms with E-state index in [1.54, 1.807) is 0 Å². The van der Waals surface area contributed by atoms with Gasteiger partial charge in [0.05, 0.1) is 11.2 Å². The van der Waals surface area contributed by atoms with Gasteiger partial charge in [0.15, 0.2) is 0 Å². The lowest BCUT2D eigenvalue weighted by atomic mass is 10.2. The minimum absolute atomic E-state index is 0.177. The summed E-state index contributed by atoms with van der Waals surface area (Å²) in [4.78, 5) is 20.5. The van der Waals surface area contributed by atoms with E-state index in [0.29, 0.717) is 10.8 Å². The maximum atomic E-state index is 12.1. The molecule has 98 valence electrons. The van der Waals surface area contributed by atoms with Crippen LogP contribution in [-0.4, -0.2) is 33.4 Å². The lowest BCUT2D eigenvalue weighted by Gasteiger charge is -2.12. The summed E-state index contributed by atoms with van der Waals surface area (Å²) in [5.41, 5.74) is 0.285. The van der Waals surface area contributed by atoms with Crippen LogP contribution in [-0.2, 0) is 0 Å². The molecule has 0 saturated carbocycles. The van der Waals surface area contributed by atoms with Gasteiger partial charge in [0.25, 0.3) is 5.91 Å². The number of carbonyl (C=O) groups excluding carboxylic acids is 1. The van der Waals surface area contributed by atoms with Gasteiger partial charge in [0.2, 0.25) is 0 Å². The van der Waals surface area contributed by atoms with E-state index in [9.17, 15) is 4.79 Å². The molecule has 0 radical (unpaired) electrons. The first-order valence-electron chi connectivity index (χ1n) is 5.99. The van der Waals surface area contributed by atoms with Gasteiger partial charge < -0.3 is 5.32 Å². The van der Waals surface area contributed by atoms with Crippen LogP contribution in [0.4, 0.5) is 0 Å². The molecule has 1 aromatic heterocycles. The van der Waals surface area contributed by atoms with Crippen molar-refractivity contribution in [2.45, 2.75) is 32.2 Å². The molecule has 1 fully saturated rings. The van der Waals surface area contributed by atoms with E-state index < -0.39 is 0 Å². The number of carbonyl (C=O) groups is 1. The standard InChI is InChI=1S/C12H16ClN3OS/c1-7(2)11-14-5-9(13)10(16-11)12(17)15-8-3-4-18-6-8/h5,7-8H,3-4,6H2,1-2H3,(H,15,17). The first-order chi connectivity index (χ1) is 8.58. The fourth-order valence-electron chi connectivity index (χ4n) is 1.72. The Bertz CT molecular complexity index is 447. The average molecular weight is 286 g/mol.